The maximum absolute atomic E-state index is 12.5. The first kappa shape index (κ1) is 17.9. The Bertz CT molecular complexity index is 325. The minimum absolute atomic E-state index is 0.164. The van der Waals surface area contributed by atoms with Gasteiger partial charge < -0.3 is 10.2 Å². The third-order valence-corrected chi connectivity index (χ3v) is 4.07. The number of carbonyl (C=O) groups excluding carboxylic acids is 1. The summed E-state index contributed by atoms with van der Waals surface area (Å²) in [5.41, 5.74) is 0. The number of nitrogens with zero attached hydrogens (tertiary/aromatic N) is 2. The van der Waals surface area contributed by atoms with Crippen molar-refractivity contribution in [2.45, 2.75) is 32.7 Å². The van der Waals surface area contributed by atoms with Crippen LogP contribution >= 0.6 is 0 Å². The van der Waals surface area contributed by atoms with Gasteiger partial charge in [-0.3, -0.25) is 9.69 Å². The van der Waals surface area contributed by atoms with Crippen LogP contribution in [0, 0.1) is 5.92 Å². The molecule has 21 heavy (non-hydrogen) atoms. The van der Waals surface area contributed by atoms with Crippen molar-refractivity contribution >= 4 is 5.91 Å². The Hall–Kier alpha value is -1.13. The average molecular weight is 293 g/mol. The molecule has 1 heterocycles. The highest BCUT2D eigenvalue weighted by atomic mass is 16.2. The molecule has 0 spiro atoms. The molecule has 0 atom stereocenters. The van der Waals surface area contributed by atoms with E-state index < -0.39 is 0 Å². The fourth-order valence-electron chi connectivity index (χ4n) is 2.72. The molecule has 1 fully saturated rings. The van der Waals surface area contributed by atoms with Gasteiger partial charge in [-0.2, -0.15) is 0 Å². The largest absolute Gasteiger partial charge is 0.334 e. The van der Waals surface area contributed by atoms with E-state index in [9.17, 15) is 4.79 Å². The predicted molar refractivity (Wildman–Crippen MR) is 89.3 cm³/mol. The average Bonchev–Trinajstić information content (AvgIpc) is 2.47. The maximum atomic E-state index is 12.5. The van der Waals surface area contributed by atoms with Gasteiger partial charge in [0.05, 0.1) is 6.54 Å². The van der Waals surface area contributed by atoms with Crippen molar-refractivity contribution < 1.29 is 4.79 Å². The van der Waals surface area contributed by atoms with Gasteiger partial charge in [-0.15, -0.1) is 13.2 Å². The van der Waals surface area contributed by atoms with Gasteiger partial charge in [0.25, 0.3) is 0 Å². The fraction of sp³-hybridized carbons (Fsp3) is 0.706. The number of hydrogen-bond donors (Lipinski definition) is 1. The molecule has 1 aliphatic heterocycles. The summed E-state index contributed by atoms with van der Waals surface area (Å²) < 4.78 is 0. The Balaban J connectivity index is 2.56. The zero-order valence-electron chi connectivity index (χ0n) is 13.7. The summed E-state index contributed by atoms with van der Waals surface area (Å²) in [5, 5.41) is 3.39. The molecule has 120 valence electrons. The highest BCUT2D eigenvalue weighted by molar-refractivity contribution is 5.78. The molecule has 4 nitrogen and oxygen atoms in total. The number of piperidine rings is 1. The molecule has 0 bridgehead atoms. The zero-order chi connectivity index (χ0) is 15.7. The molecule has 0 aliphatic carbocycles. The lowest BCUT2D eigenvalue weighted by Crippen LogP contribution is -2.46. The third-order valence-electron chi connectivity index (χ3n) is 4.07. The van der Waals surface area contributed by atoms with Gasteiger partial charge in [0, 0.05) is 25.7 Å². The van der Waals surface area contributed by atoms with Gasteiger partial charge in [0.1, 0.15) is 0 Å². The SMILES string of the molecule is C=CCN(CC=C)C(=O)CN(CC1CCNCC1)C(C)C. The molecule has 0 saturated carbocycles. The Morgan fingerprint density at radius 2 is 1.81 bits per heavy atom. The van der Waals surface area contributed by atoms with Crippen LogP contribution in [-0.2, 0) is 4.79 Å². The quantitative estimate of drug-likeness (QED) is 0.660. The van der Waals surface area contributed by atoms with E-state index in [1.807, 2.05) is 0 Å². The van der Waals surface area contributed by atoms with Crippen LogP contribution in [0.25, 0.3) is 0 Å². The van der Waals surface area contributed by atoms with E-state index in [4.69, 9.17) is 0 Å². The van der Waals surface area contributed by atoms with E-state index in [0.29, 0.717) is 31.6 Å². The highest BCUT2D eigenvalue weighted by Gasteiger charge is 2.22. The zero-order valence-corrected chi connectivity index (χ0v) is 13.7. The molecule has 0 unspecified atom stereocenters. The van der Waals surface area contributed by atoms with Crippen LogP contribution < -0.4 is 5.32 Å². The summed E-state index contributed by atoms with van der Waals surface area (Å²) in [6, 6.07) is 0.387. The van der Waals surface area contributed by atoms with Crippen LogP contribution in [0.1, 0.15) is 26.7 Å². The van der Waals surface area contributed by atoms with Crippen molar-refractivity contribution in [2.75, 3.05) is 39.3 Å². The third kappa shape index (κ3) is 6.44. The van der Waals surface area contributed by atoms with Crippen molar-refractivity contribution in [1.82, 2.24) is 15.1 Å². The predicted octanol–water partition coefficient (Wildman–Crippen LogP) is 1.90. The standard InChI is InChI=1S/C17H31N3O/c1-5-11-19(12-6-2)17(21)14-20(15(3)4)13-16-7-9-18-10-8-16/h5-6,15-16,18H,1-2,7-14H2,3-4H3. The summed E-state index contributed by atoms with van der Waals surface area (Å²) in [6.45, 7) is 16.7. The Labute approximate surface area is 129 Å². The first-order chi connectivity index (χ1) is 10.1. The van der Waals surface area contributed by atoms with Crippen molar-refractivity contribution in [3.05, 3.63) is 25.3 Å². The van der Waals surface area contributed by atoms with Crippen molar-refractivity contribution in [1.29, 1.82) is 0 Å². The lowest BCUT2D eigenvalue weighted by molar-refractivity contribution is -0.132. The monoisotopic (exact) mass is 293 g/mol. The Morgan fingerprint density at radius 3 is 2.29 bits per heavy atom. The molecule has 1 rings (SSSR count). The second-order valence-electron chi connectivity index (χ2n) is 6.09. The molecular weight excluding hydrogens is 262 g/mol. The molecule has 0 radical (unpaired) electrons. The topological polar surface area (TPSA) is 35.6 Å². The number of amides is 1. The lowest BCUT2D eigenvalue weighted by atomic mass is 9.97. The first-order valence-electron chi connectivity index (χ1n) is 8.02. The van der Waals surface area contributed by atoms with E-state index in [1.165, 1.54) is 12.8 Å². The normalized spacial score (nSPS) is 16.2. The molecule has 0 aromatic heterocycles. The molecule has 0 aromatic carbocycles. The summed E-state index contributed by atoms with van der Waals surface area (Å²) in [5.74, 6) is 0.867. The van der Waals surface area contributed by atoms with Crippen molar-refractivity contribution in [3.63, 3.8) is 0 Å². The van der Waals surface area contributed by atoms with E-state index >= 15 is 0 Å². The van der Waals surface area contributed by atoms with Crippen LogP contribution in [0.3, 0.4) is 0 Å². The minimum Gasteiger partial charge on any atom is -0.334 e. The summed E-state index contributed by atoms with van der Waals surface area (Å²) in [7, 11) is 0. The first-order valence-corrected chi connectivity index (χ1v) is 8.02. The Morgan fingerprint density at radius 1 is 1.24 bits per heavy atom. The number of rotatable bonds is 9. The minimum atomic E-state index is 0.164. The van der Waals surface area contributed by atoms with Gasteiger partial charge in [-0.05, 0) is 45.7 Å². The smallest absolute Gasteiger partial charge is 0.237 e. The second kappa shape index (κ2) is 9.74. The molecule has 1 amide bonds. The molecule has 1 N–H and O–H groups in total. The van der Waals surface area contributed by atoms with E-state index in [2.05, 4.69) is 37.2 Å². The van der Waals surface area contributed by atoms with Crippen molar-refractivity contribution in [2.24, 2.45) is 5.92 Å². The van der Waals surface area contributed by atoms with Gasteiger partial charge >= 0.3 is 0 Å². The van der Waals surface area contributed by atoms with E-state index in [-0.39, 0.29) is 5.91 Å². The second-order valence-corrected chi connectivity index (χ2v) is 6.09. The number of carbonyl (C=O) groups is 1. The number of nitrogens with one attached hydrogen (secondary N) is 1. The highest BCUT2D eigenvalue weighted by Crippen LogP contribution is 2.15. The summed E-state index contributed by atoms with van der Waals surface area (Å²) in [6.07, 6.45) is 5.96. The van der Waals surface area contributed by atoms with Crippen molar-refractivity contribution in [3.8, 4) is 0 Å². The molecule has 1 aliphatic rings. The molecular formula is C17H31N3O. The number of hydrogen-bond acceptors (Lipinski definition) is 3. The van der Waals surface area contributed by atoms with Crippen LogP contribution in [0.5, 0.6) is 0 Å². The van der Waals surface area contributed by atoms with E-state index in [0.717, 1.165) is 19.6 Å². The Kier molecular flexibility index (Phi) is 8.31. The van der Waals surface area contributed by atoms with Crippen LogP contribution in [0.2, 0.25) is 0 Å². The molecule has 0 aromatic rings. The maximum Gasteiger partial charge on any atom is 0.237 e. The van der Waals surface area contributed by atoms with Gasteiger partial charge in [-0.1, -0.05) is 12.2 Å². The fourth-order valence-corrected chi connectivity index (χ4v) is 2.72. The van der Waals surface area contributed by atoms with Gasteiger partial charge in [-0.25, -0.2) is 0 Å². The lowest BCUT2D eigenvalue weighted by Gasteiger charge is -2.33. The molecule has 4 heteroatoms. The summed E-state index contributed by atoms with van der Waals surface area (Å²) >= 11 is 0. The molecule has 1 saturated heterocycles. The van der Waals surface area contributed by atoms with Crippen LogP contribution in [-0.4, -0.2) is 61.0 Å². The summed E-state index contributed by atoms with van der Waals surface area (Å²) in [4.78, 5) is 16.6. The van der Waals surface area contributed by atoms with Gasteiger partial charge in [0.15, 0.2) is 0 Å². The van der Waals surface area contributed by atoms with Gasteiger partial charge in [0.2, 0.25) is 5.91 Å². The van der Waals surface area contributed by atoms with Crippen LogP contribution in [0.4, 0.5) is 0 Å². The van der Waals surface area contributed by atoms with E-state index in [1.54, 1.807) is 17.1 Å². The van der Waals surface area contributed by atoms with Crippen LogP contribution in [0.15, 0.2) is 25.3 Å².